The first-order valence-corrected chi connectivity index (χ1v) is 12.2. The minimum Gasteiger partial charge on any atom is -0.469 e. The van der Waals surface area contributed by atoms with E-state index >= 15 is 0 Å². The number of anilines is 1. The number of sulfonamides is 1. The van der Waals surface area contributed by atoms with Crippen LogP contribution in [0.4, 0.5) is 10.5 Å². The molecular formula is C24H26N2O6S. The van der Waals surface area contributed by atoms with Crippen molar-refractivity contribution in [1.29, 1.82) is 0 Å². The third-order valence-corrected chi connectivity index (χ3v) is 7.74. The predicted octanol–water partition coefficient (Wildman–Crippen LogP) is 3.71. The molecule has 0 N–H and O–H groups in total. The van der Waals surface area contributed by atoms with Gasteiger partial charge in [-0.3, -0.25) is 14.0 Å². The van der Waals surface area contributed by atoms with Crippen molar-refractivity contribution < 1.29 is 27.5 Å². The van der Waals surface area contributed by atoms with E-state index in [4.69, 9.17) is 9.47 Å². The summed E-state index contributed by atoms with van der Waals surface area (Å²) in [6, 6.07) is 13.1. The van der Waals surface area contributed by atoms with Crippen molar-refractivity contribution in [3.8, 4) is 0 Å². The van der Waals surface area contributed by atoms with Crippen LogP contribution >= 0.6 is 0 Å². The van der Waals surface area contributed by atoms with Crippen LogP contribution in [-0.2, 0) is 24.3 Å². The molecule has 0 aromatic heterocycles. The highest BCUT2D eigenvalue weighted by atomic mass is 32.2. The second kappa shape index (κ2) is 8.90. The van der Waals surface area contributed by atoms with Crippen molar-refractivity contribution in [2.24, 2.45) is 0 Å². The van der Waals surface area contributed by atoms with E-state index in [-0.39, 0.29) is 24.5 Å². The fraction of sp³-hybridized carbons (Fsp3) is 0.333. The van der Waals surface area contributed by atoms with Gasteiger partial charge in [0.05, 0.1) is 42.5 Å². The normalized spacial score (nSPS) is 17.5. The first-order chi connectivity index (χ1) is 15.8. The largest absolute Gasteiger partial charge is 0.469 e. The minimum absolute atomic E-state index is 0.110. The van der Waals surface area contributed by atoms with Gasteiger partial charge in [0.1, 0.15) is 0 Å². The molecule has 174 valence electrons. The molecule has 9 heteroatoms. The van der Waals surface area contributed by atoms with E-state index in [1.165, 1.54) is 16.3 Å². The zero-order chi connectivity index (χ0) is 23.8. The van der Waals surface area contributed by atoms with Crippen LogP contribution in [0.5, 0.6) is 0 Å². The van der Waals surface area contributed by atoms with Gasteiger partial charge in [-0.2, -0.15) is 0 Å². The molecule has 8 nitrogen and oxygen atoms in total. The summed E-state index contributed by atoms with van der Waals surface area (Å²) < 4.78 is 38.8. The van der Waals surface area contributed by atoms with E-state index in [2.05, 4.69) is 0 Å². The molecule has 1 amide bonds. The average Bonchev–Trinajstić information content (AvgIpc) is 3.26. The van der Waals surface area contributed by atoms with Crippen LogP contribution in [0.25, 0.3) is 5.70 Å². The molecule has 33 heavy (non-hydrogen) atoms. The topological polar surface area (TPSA) is 93.2 Å². The van der Waals surface area contributed by atoms with Gasteiger partial charge >= 0.3 is 12.1 Å². The second-order valence-electron chi connectivity index (χ2n) is 7.90. The summed E-state index contributed by atoms with van der Waals surface area (Å²) in [4.78, 5) is 26.9. The molecule has 0 saturated heterocycles. The van der Waals surface area contributed by atoms with Gasteiger partial charge in [-0.25, -0.2) is 13.2 Å². The highest BCUT2D eigenvalue weighted by Gasteiger charge is 2.45. The van der Waals surface area contributed by atoms with Crippen LogP contribution in [-0.4, -0.2) is 51.1 Å². The summed E-state index contributed by atoms with van der Waals surface area (Å²) >= 11 is 0. The second-order valence-corrected chi connectivity index (χ2v) is 9.76. The standard InChI is InChI=1S/C24H26N2O6S/c1-4-32-24(28)26-20-8-6-5-7-18(20)23-19(21(26)15-22(27)31-3)13-14-25(23)33(29,30)17-11-9-16(2)10-12-17/h5-12,21H,4,13-15H2,1-3H3/t21-/m0/s1. The number of nitrogens with zero attached hydrogens (tertiary/aromatic N) is 2. The fourth-order valence-electron chi connectivity index (χ4n) is 4.40. The van der Waals surface area contributed by atoms with Crippen LogP contribution in [0.1, 0.15) is 30.9 Å². The Kier molecular flexibility index (Phi) is 6.16. The third kappa shape index (κ3) is 3.97. The Balaban J connectivity index is 1.88. The summed E-state index contributed by atoms with van der Waals surface area (Å²) in [5.41, 5.74) is 3.27. The van der Waals surface area contributed by atoms with Crippen LogP contribution in [0.2, 0.25) is 0 Å². The zero-order valence-corrected chi connectivity index (χ0v) is 19.6. The number of hydrogen-bond donors (Lipinski definition) is 0. The summed E-state index contributed by atoms with van der Waals surface area (Å²) in [5.74, 6) is -0.500. The zero-order valence-electron chi connectivity index (χ0n) is 18.8. The molecule has 0 fully saturated rings. The Morgan fingerprint density at radius 1 is 1.09 bits per heavy atom. The SMILES string of the molecule is CCOC(=O)N1c2ccccc2C2=C(CCN2S(=O)(=O)c2ccc(C)cc2)[C@@H]1CC(=O)OC. The van der Waals surface area contributed by atoms with Crippen LogP contribution < -0.4 is 4.90 Å². The number of fused-ring (bicyclic) bond motifs is 2. The van der Waals surface area contributed by atoms with Gasteiger partial charge in [0.2, 0.25) is 0 Å². The molecule has 0 aliphatic carbocycles. The summed E-state index contributed by atoms with van der Waals surface area (Å²) in [6.07, 6.45) is -0.321. The van der Waals surface area contributed by atoms with Crippen molar-refractivity contribution in [2.75, 3.05) is 25.2 Å². The Morgan fingerprint density at radius 2 is 1.79 bits per heavy atom. The van der Waals surface area contributed by atoms with Gasteiger partial charge in [0.15, 0.2) is 0 Å². The van der Waals surface area contributed by atoms with Gasteiger partial charge in [-0.1, -0.05) is 35.9 Å². The number of rotatable bonds is 5. The van der Waals surface area contributed by atoms with E-state index in [0.29, 0.717) is 28.9 Å². The Hall–Kier alpha value is -3.33. The first kappa shape index (κ1) is 22.8. The number of carbonyl (C=O) groups excluding carboxylic acids is 2. The van der Waals surface area contributed by atoms with Crippen LogP contribution in [0.15, 0.2) is 59.0 Å². The fourth-order valence-corrected chi connectivity index (χ4v) is 5.93. The Morgan fingerprint density at radius 3 is 2.45 bits per heavy atom. The molecule has 2 aromatic rings. The van der Waals surface area contributed by atoms with Gasteiger partial charge in [-0.15, -0.1) is 0 Å². The summed E-state index contributed by atoms with van der Waals surface area (Å²) in [5, 5.41) is 0. The molecule has 4 rings (SSSR count). The van der Waals surface area contributed by atoms with Crippen molar-refractivity contribution in [2.45, 2.75) is 37.6 Å². The van der Waals surface area contributed by atoms with Gasteiger partial charge in [0, 0.05) is 12.1 Å². The maximum absolute atomic E-state index is 13.6. The van der Waals surface area contributed by atoms with Crippen molar-refractivity contribution >= 4 is 33.5 Å². The quantitative estimate of drug-likeness (QED) is 0.619. The van der Waals surface area contributed by atoms with E-state index in [1.807, 2.05) is 6.92 Å². The number of ether oxygens (including phenoxy) is 2. The van der Waals surface area contributed by atoms with Crippen molar-refractivity contribution in [3.63, 3.8) is 0 Å². The molecule has 0 spiro atoms. The lowest BCUT2D eigenvalue weighted by Gasteiger charge is -2.38. The number of hydrogen-bond acceptors (Lipinski definition) is 6. The van der Waals surface area contributed by atoms with Gasteiger partial charge in [0.25, 0.3) is 10.0 Å². The molecule has 0 radical (unpaired) electrons. The van der Waals surface area contributed by atoms with Crippen LogP contribution in [0, 0.1) is 6.92 Å². The molecule has 2 aliphatic heterocycles. The molecule has 0 unspecified atom stereocenters. The Labute approximate surface area is 193 Å². The van der Waals surface area contributed by atoms with Crippen LogP contribution in [0.3, 0.4) is 0 Å². The molecule has 2 aliphatic rings. The number of esters is 1. The highest BCUT2D eigenvalue weighted by molar-refractivity contribution is 7.89. The monoisotopic (exact) mass is 470 g/mol. The maximum atomic E-state index is 13.6. The van der Waals surface area contributed by atoms with E-state index in [9.17, 15) is 18.0 Å². The molecule has 2 aromatic carbocycles. The lowest BCUT2D eigenvalue weighted by atomic mass is 9.91. The predicted molar refractivity (Wildman–Crippen MR) is 123 cm³/mol. The molecule has 2 heterocycles. The summed E-state index contributed by atoms with van der Waals surface area (Å²) in [7, 11) is -2.57. The lowest BCUT2D eigenvalue weighted by Crippen LogP contribution is -2.46. The summed E-state index contributed by atoms with van der Waals surface area (Å²) in [6.45, 7) is 3.98. The Bertz CT molecular complexity index is 1220. The average molecular weight is 471 g/mol. The smallest absolute Gasteiger partial charge is 0.414 e. The number of amides is 1. The molecule has 0 saturated carbocycles. The van der Waals surface area contributed by atoms with Crippen molar-refractivity contribution in [1.82, 2.24) is 4.31 Å². The molecule has 0 bridgehead atoms. The minimum atomic E-state index is -3.85. The number of para-hydroxylation sites is 1. The van der Waals surface area contributed by atoms with Gasteiger partial charge in [-0.05, 0) is 44.0 Å². The molecule has 1 atom stereocenters. The number of aryl methyl sites for hydroxylation is 1. The lowest BCUT2D eigenvalue weighted by molar-refractivity contribution is -0.140. The first-order valence-electron chi connectivity index (χ1n) is 10.7. The van der Waals surface area contributed by atoms with E-state index in [1.54, 1.807) is 55.5 Å². The molecular weight excluding hydrogens is 444 g/mol. The number of methoxy groups -OCH3 is 1. The van der Waals surface area contributed by atoms with E-state index in [0.717, 1.165) is 5.56 Å². The van der Waals surface area contributed by atoms with Crippen molar-refractivity contribution in [3.05, 3.63) is 65.2 Å². The third-order valence-electron chi connectivity index (χ3n) is 5.93. The van der Waals surface area contributed by atoms with Gasteiger partial charge < -0.3 is 9.47 Å². The van der Waals surface area contributed by atoms with E-state index < -0.39 is 28.1 Å². The number of benzene rings is 2. The number of carbonyl (C=O) groups is 2. The highest BCUT2D eigenvalue weighted by Crippen LogP contribution is 2.47. The maximum Gasteiger partial charge on any atom is 0.414 e.